The first-order valence-electron chi connectivity index (χ1n) is 16.9. The van der Waals surface area contributed by atoms with Crippen molar-refractivity contribution in [2.45, 2.75) is 114 Å². The Bertz CT molecular complexity index is 1480. The van der Waals surface area contributed by atoms with E-state index in [0.717, 1.165) is 14.0 Å². The Hall–Kier alpha value is -3.69. The summed E-state index contributed by atoms with van der Waals surface area (Å²) < 4.78 is 19.1. The minimum atomic E-state index is -3.58. The number of nitrogens with two attached hydrogens (primary N) is 2. The molecular weight excluding hydrogens is 683 g/mol. The molecule has 7 atom stereocenters. The molecule has 1 saturated carbocycles. The van der Waals surface area contributed by atoms with Crippen LogP contribution in [0.1, 0.15) is 79.7 Å². The zero-order valence-corrected chi connectivity index (χ0v) is 31.6. The van der Waals surface area contributed by atoms with Crippen LogP contribution in [0.2, 0.25) is 0 Å². The van der Waals surface area contributed by atoms with E-state index in [1.54, 1.807) is 44.2 Å². The quantitative estimate of drug-likeness (QED) is 0.0445. The Morgan fingerprint density at radius 1 is 0.882 bits per heavy atom. The molecule has 2 rings (SSSR count). The summed E-state index contributed by atoms with van der Waals surface area (Å²) in [5.41, 5.74) is 6.47. The van der Waals surface area contributed by atoms with Crippen LogP contribution in [0.4, 0.5) is 0 Å². The van der Waals surface area contributed by atoms with Gasteiger partial charge in [0, 0.05) is 0 Å². The van der Waals surface area contributed by atoms with Gasteiger partial charge in [0.15, 0.2) is 16.8 Å². The fourth-order valence-electron chi connectivity index (χ4n) is 6.14. The van der Waals surface area contributed by atoms with Crippen molar-refractivity contribution in [3.05, 3.63) is 35.9 Å². The average molecular weight is 739 g/mol. The van der Waals surface area contributed by atoms with Gasteiger partial charge in [-0.05, 0) is 51.0 Å². The number of amides is 4. The molecule has 17 heteroatoms. The normalized spacial score (nSPS) is 20.0. The van der Waals surface area contributed by atoms with Crippen molar-refractivity contribution in [3.8, 4) is 0 Å². The topological polar surface area (TPSA) is 269 Å². The van der Waals surface area contributed by atoms with E-state index in [4.69, 9.17) is 16.2 Å². The molecule has 0 saturated heterocycles. The highest BCUT2D eigenvalue weighted by Gasteiger charge is 2.61. The third-order valence-corrected chi connectivity index (χ3v) is 12.2. The minimum absolute atomic E-state index is 0.0160. The van der Waals surface area contributed by atoms with Crippen molar-refractivity contribution in [1.82, 2.24) is 21.3 Å². The summed E-state index contributed by atoms with van der Waals surface area (Å²) >= 11 is 0. The molecule has 1 aromatic rings. The van der Waals surface area contributed by atoms with Gasteiger partial charge in [-0.2, -0.15) is 0 Å². The molecule has 1 aliphatic carbocycles. The van der Waals surface area contributed by atoms with E-state index in [-0.39, 0.29) is 12.8 Å². The molecule has 1 fully saturated rings. The standard InChI is InChI=1S/C34H55N6O10P/c1-19(2)24(27(44)50-8)39-30(47)34(36,20(3)4)28(45)32(16-12-13-17-32)51(49)31(7,48)40-26(43)22(6)37-25(42)21(5)38-29(46)33(35,18-41)23-14-10-9-11-15-23/h9-11,14-15,19-22,24,41,48,51H,12-13,16-18,35-36H2,1-8H3,(H,37,42)(H,38,46)(H,39,47)(H,40,43)/t21-,22-,24-,31?,33+,34+/m0/s1. The fourth-order valence-corrected chi connectivity index (χ4v) is 8.53. The average Bonchev–Trinajstić information content (AvgIpc) is 3.59. The SMILES string of the molecule is COC(=O)[C@@H](NC(=O)[C@](N)(C(=O)C1([PH](=O)C(C)(O)NC(=O)[C@H](C)NC(=O)[C@H](C)NC(=O)[C@@](N)(CO)c2ccccc2)CCCC1)C(C)C)C(C)C. The maximum absolute atomic E-state index is 14.4. The molecule has 16 nitrogen and oxygen atoms in total. The Morgan fingerprint density at radius 3 is 1.88 bits per heavy atom. The molecule has 10 N–H and O–H groups in total. The minimum Gasteiger partial charge on any atom is -0.467 e. The van der Waals surface area contributed by atoms with Crippen molar-refractivity contribution in [2.75, 3.05) is 13.7 Å². The monoisotopic (exact) mass is 738 g/mol. The third-order valence-electron chi connectivity index (χ3n) is 9.64. The number of esters is 1. The van der Waals surface area contributed by atoms with Crippen LogP contribution < -0.4 is 32.7 Å². The highest BCUT2D eigenvalue weighted by molar-refractivity contribution is 7.49. The van der Waals surface area contributed by atoms with Gasteiger partial charge in [0.25, 0.3) is 0 Å². The van der Waals surface area contributed by atoms with Crippen LogP contribution in [0.25, 0.3) is 0 Å². The number of Topliss-reactive ketones (excluding diaryl/α,β-unsaturated/α-hetero) is 1. The van der Waals surface area contributed by atoms with Crippen LogP contribution in [-0.2, 0) is 43.6 Å². The number of nitrogens with one attached hydrogen (secondary N) is 4. The van der Waals surface area contributed by atoms with E-state index in [9.17, 15) is 43.5 Å². The molecule has 51 heavy (non-hydrogen) atoms. The summed E-state index contributed by atoms with van der Waals surface area (Å²) in [7, 11) is -2.43. The van der Waals surface area contributed by atoms with Crippen LogP contribution in [0, 0.1) is 11.8 Å². The summed E-state index contributed by atoms with van der Waals surface area (Å²) in [6.45, 7) is 9.34. The molecule has 1 aliphatic rings. The zero-order chi connectivity index (χ0) is 39.1. The van der Waals surface area contributed by atoms with E-state index < -0.39 is 101 Å². The van der Waals surface area contributed by atoms with Crippen molar-refractivity contribution < 1.29 is 48.3 Å². The molecule has 0 heterocycles. The lowest BCUT2D eigenvalue weighted by atomic mass is 9.76. The van der Waals surface area contributed by atoms with Gasteiger partial charge < -0.3 is 52.2 Å². The Kier molecular flexibility index (Phi) is 14.7. The smallest absolute Gasteiger partial charge is 0.328 e. The van der Waals surface area contributed by atoms with E-state index in [1.165, 1.54) is 27.7 Å². The van der Waals surface area contributed by atoms with Gasteiger partial charge in [-0.15, -0.1) is 0 Å². The molecule has 0 spiro atoms. The number of methoxy groups -OCH3 is 1. The second-order valence-electron chi connectivity index (χ2n) is 14.2. The third kappa shape index (κ3) is 9.22. The largest absolute Gasteiger partial charge is 0.467 e. The molecule has 0 radical (unpaired) electrons. The van der Waals surface area contributed by atoms with Crippen LogP contribution in [0.15, 0.2) is 30.3 Å². The van der Waals surface area contributed by atoms with Gasteiger partial charge >= 0.3 is 5.97 Å². The van der Waals surface area contributed by atoms with Gasteiger partial charge in [0.1, 0.15) is 31.5 Å². The van der Waals surface area contributed by atoms with Crippen LogP contribution in [0.5, 0.6) is 0 Å². The summed E-state index contributed by atoms with van der Waals surface area (Å²) in [5, 5.41) is 29.2. The maximum Gasteiger partial charge on any atom is 0.328 e. The number of hydrogen-bond donors (Lipinski definition) is 8. The number of ether oxygens (including phenoxy) is 1. The van der Waals surface area contributed by atoms with Crippen molar-refractivity contribution in [2.24, 2.45) is 23.3 Å². The van der Waals surface area contributed by atoms with Gasteiger partial charge in [-0.3, -0.25) is 24.0 Å². The molecular formula is C34H55N6O10P. The van der Waals surface area contributed by atoms with E-state index >= 15 is 0 Å². The summed E-state index contributed by atoms with van der Waals surface area (Å²) in [4.78, 5) is 79.7. The van der Waals surface area contributed by atoms with Gasteiger partial charge in [0.05, 0.1) is 18.9 Å². The number of hydrogen-bond acceptors (Lipinski definition) is 12. The molecule has 0 aromatic heterocycles. The second kappa shape index (κ2) is 17.2. The summed E-state index contributed by atoms with van der Waals surface area (Å²) in [5.74, 6) is -6.47. The van der Waals surface area contributed by atoms with Crippen molar-refractivity contribution >= 4 is 43.2 Å². The predicted molar refractivity (Wildman–Crippen MR) is 189 cm³/mol. The Morgan fingerprint density at radius 2 is 1.41 bits per heavy atom. The first-order chi connectivity index (χ1) is 23.6. The first kappa shape index (κ1) is 43.5. The number of carbonyl (C=O) groups excluding carboxylic acids is 6. The molecule has 4 amide bonds. The predicted octanol–water partition coefficient (Wildman–Crippen LogP) is -0.267. The van der Waals surface area contributed by atoms with E-state index in [0.29, 0.717) is 18.4 Å². The zero-order valence-electron chi connectivity index (χ0n) is 30.6. The first-order valence-corrected chi connectivity index (χ1v) is 18.4. The molecule has 0 bridgehead atoms. The lowest BCUT2D eigenvalue weighted by Gasteiger charge is -2.42. The number of ketones is 1. The maximum atomic E-state index is 14.4. The second-order valence-corrected chi connectivity index (χ2v) is 16.8. The van der Waals surface area contributed by atoms with Crippen LogP contribution in [0.3, 0.4) is 0 Å². The lowest BCUT2D eigenvalue weighted by molar-refractivity contribution is -0.149. The molecule has 286 valence electrons. The van der Waals surface area contributed by atoms with Crippen LogP contribution >= 0.6 is 7.80 Å². The number of aliphatic hydroxyl groups excluding tert-OH is 1. The number of rotatable bonds is 17. The van der Waals surface area contributed by atoms with Gasteiger partial charge in [-0.1, -0.05) is 70.9 Å². The van der Waals surface area contributed by atoms with Crippen LogP contribution in [-0.4, -0.2) is 93.6 Å². The fraction of sp³-hybridized carbons (Fsp3) is 0.647. The summed E-state index contributed by atoms with van der Waals surface area (Å²) in [6, 6.07) is 4.39. The Labute approximate surface area is 299 Å². The van der Waals surface area contributed by atoms with E-state index in [2.05, 4.69) is 21.3 Å². The van der Waals surface area contributed by atoms with Gasteiger partial charge in [-0.25, -0.2) is 4.79 Å². The highest BCUT2D eigenvalue weighted by Crippen LogP contribution is 2.58. The number of carbonyl (C=O) groups is 6. The van der Waals surface area contributed by atoms with E-state index in [1.807, 2.05) is 0 Å². The highest BCUT2D eigenvalue weighted by atomic mass is 31.1. The number of aliphatic hydroxyl groups is 2. The lowest BCUT2D eigenvalue weighted by Crippen LogP contribution is -2.69. The van der Waals surface area contributed by atoms with Gasteiger partial charge in [0.2, 0.25) is 23.6 Å². The van der Waals surface area contributed by atoms with Crippen molar-refractivity contribution in [1.29, 1.82) is 0 Å². The Balaban J connectivity index is 2.25. The summed E-state index contributed by atoms with van der Waals surface area (Å²) in [6.07, 6.45) is 0.892. The molecule has 1 aromatic carbocycles. The molecule has 2 unspecified atom stereocenters. The number of benzene rings is 1. The molecule has 0 aliphatic heterocycles. The van der Waals surface area contributed by atoms with Crippen molar-refractivity contribution in [3.63, 3.8) is 0 Å².